The van der Waals surface area contributed by atoms with Gasteiger partial charge in [0.2, 0.25) is 0 Å². The van der Waals surface area contributed by atoms with Gasteiger partial charge in [0.1, 0.15) is 11.9 Å². The molecule has 0 unspecified atom stereocenters. The van der Waals surface area contributed by atoms with E-state index in [0.717, 1.165) is 19.4 Å². The molecule has 0 aromatic heterocycles. The molecule has 1 aliphatic heterocycles. The first-order valence-corrected chi connectivity index (χ1v) is 6.07. The molecule has 1 fully saturated rings. The van der Waals surface area contributed by atoms with Gasteiger partial charge >= 0.3 is 7.60 Å². The van der Waals surface area contributed by atoms with Gasteiger partial charge in [0, 0.05) is 12.5 Å². The van der Waals surface area contributed by atoms with Crippen LogP contribution in [0.1, 0.15) is 12.8 Å². The zero-order chi connectivity index (χ0) is 9.90. The molecule has 5 nitrogen and oxygen atoms in total. The first-order valence-electron chi connectivity index (χ1n) is 4.27. The van der Waals surface area contributed by atoms with Crippen molar-refractivity contribution in [2.75, 3.05) is 19.3 Å². The van der Waals surface area contributed by atoms with E-state index < -0.39 is 13.8 Å². The summed E-state index contributed by atoms with van der Waals surface area (Å²) in [6.45, 7) is 1.44. The zero-order valence-electron chi connectivity index (χ0n) is 7.27. The van der Waals surface area contributed by atoms with Crippen LogP contribution in [0.5, 0.6) is 0 Å². The topological polar surface area (TPSA) is 86.6 Å². The largest absolute Gasteiger partial charge is 0.332 e. The fraction of sp³-hybridized carbons (Fsp3) is 0.857. The molecule has 0 aromatic carbocycles. The molecule has 0 aromatic rings. The number of piperidine rings is 1. The third-order valence-corrected chi connectivity index (χ3v) is 2.84. The minimum atomic E-state index is -4.17. The molecule has 0 saturated carbocycles. The maximum Gasteiger partial charge on any atom is 0.332 e. The van der Waals surface area contributed by atoms with E-state index in [9.17, 15) is 9.36 Å². The van der Waals surface area contributed by atoms with Gasteiger partial charge in [0.25, 0.3) is 0 Å². The summed E-state index contributed by atoms with van der Waals surface area (Å²) in [4.78, 5) is 28.5. The van der Waals surface area contributed by atoms with E-state index in [1.54, 1.807) is 0 Å². The minimum absolute atomic E-state index is 0.207. The fourth-order valence-corrected chi connectivity index (χ4v) is 2.12. The predicted molar refractivity (Wildman–Crippen MR) is 47.5 cm³/mol. The van der Waals surface area contributed by atoms with Crippen molar-refractivity contribution in [2.24, 2.45) is 5.92 Å². The first-order chi connectivity index (χ1) is 5.99. The normalized spacial score (nSPS) is 24.3. The van der Waals surface area contributed by atoms with Gasteiger partial charge in [-0.25, -0.2) is 0 Å². The van der Waals surface area contributed by atoms with Crippen molar-refractivity contribution in [3.63, 3.8) is 0 Å². The molecule has 0 radical (unpaired) electrons. The lowest BCUT2D eigenvalue weighted by Gasteiger charge is -2.21. The Balaban J connectivity index is 2.42. The van der Waals surface area contributed by atoms with E-state index in [-0.39, 0.29) is 11.7 Å². The third-order valence-electron chi connectivity index (χ3n) is 2.11. The van der Waals surface area contributed by atoms with Gasteiger partial charge in [-0.15, -0.1) is 0 Å². The fourth-order valence-electron chi connectivity index (χ4n) is 1.46. The Morgan fingerprint density at radius 2 is 2.23 bits per heavy atom. The number of nitrogens with one attached hydrogen (secondary N) is 1. The molecule has 0 spiro atoms. The van der Waals surface area contributed by atoms with Gasteiger partial charge in [-0.05, 0) is 19.4 Å². The second kappa shape index (κ2) is 4.33. The Bertz CT molecular complexity index is 231. The van der Waals surface area contributed by atoms with Crippen LogP contribution in [0.2, 0.25) is 0 Å². The van der Waals surface area contributed by atoms with E-state index in [2.05, 4.69) is 5.32 Å². The standard InChI is InChI=1S/C7H14NO4P/c9-7(5-13(10,11)12)6-2-1-3-8-4-6/h6,8H,1-5H2,(H2,10,11,12)/t6-/m0/s1. The average Bonchev–Trinajstić information content (AvgIpc) is 2.03. The first kappa shape index (κ1) is 10.9. The second-order valence-corrected chi connectivity index (χ2v) is 4.98. The number of rotatable bonds is 3. The highest BCUT2D eigenvalue weighted by Crippen LogP contribution is 2.35. The van der Waals surface area contributed by atoms with Crippen LogP contribution in [0.4, 0.5) is 0 Å². The van der Waals surface area contributed by atoms with Crippen molar-refractivity contribution in [2.45, 2.75) is 12.8 Å². The maximum atomic E-state index is 11.3. The number of Topliss-reactive ketones (excluding diaryl/α,β-unsaturated/α-hetero) is 1. The number of ketones is 1. The summed E-state index contributed by atoms with van der Waals surface area (Å²) in [5.41, 5.74) is 0. The van der Waals surface area contributed by atoms with E-state index in [0.29, 0.717) is 6.54 Å². The van der Waals surface area contributed by atoms with E-state index in [1.165, 1.54) is 0 Å². The van der Waals surface area contributed by atoms with E-state index in [4.69, 9.17) is 9.79 Å². The number of hydrogen-bond acceptors (Lipinski definition) is 3. The molecule has 6 heteroatoms. The van der Waals surface area contributed by atoms with Crippen molar-refractivity contribution >= 4 is 13.4 Å². The molecule has 0 aliphatic carbocycles. The predicted octanol–water partition coefficient (Wildman–Crippen LogP) is -0.267. The molecule has 3 N–H and O–H groups in total. The van der Waals surface area contributed by atoms with Gasteiger partial charge in [0.05, 0.1) is 0 Å². The summed E-state index contributed by atoms with van der Waals surface area (Å²) in [5, 5.41) is 3.03. The van der Waals surface area contributed by atoms with Crippen molar-refractivity contribution in [3.05, 3.63) is 0 Å². The summed E-state index contributed by atoms with van der Waals surface area (Å²) < 4.78 is 10.5. The smallest absolute Gasteiger partial charge is 0.324 e. The number of carbonyl (C=O) groups is 1. The van der Waals surface area contributed by atoms with Crippen LogP contribution in [0.15, 0.2) is 0 Å². The molecule has 1 rings (SSSR count). The van der Waals surface area contributed by atoms with Gasteiger partial charge in [-0.3, -0.25) is 9.36 Å². The molecule has 1 aliphatic rings. The molecular formula is C7H14NO4P. The Morgan fingerprint density at radius 1 is 1.54 bits per heavy atom. The summed E-state index contributed by atoms with van der Waals surface area (Å²) in [6.07, 6.45) is 1.03. The Labute approximate surface area is 76.7 Å². The third kappa shape index (κ3) is 4.00. The minimum Gasteiger partial charge on any atom is -0.324 e. The van der Waals surface area contributed by atoms with Gasteiger partial charge in [-0.1, -0.05) is 0 Å². The second-order valence-electron chi connectivity index (χ2n) is 3.33. The highest BCUT2D eigenvalue weighted by Gasteiger charge is 2.26. The molecule has 0 bridgehead atoms. The summed E-state index contributed by atoms with van der Waals surface area (Å²) >= 11 is 0. The Hall–Kier alpha value is -0.220. The Morgan fingerprint density at radius 3 is 2.69 bits per heavy atom. The zero-order valence-corrected chi connectivity index (χ0v) is 8.17. The van der Waals surface area contributed by atoms with E-state index in [1.807, 2.05) is 0 Å². The van der Waals surface area contributed by atoms with Gasteiger partial charge < -0.3 is 15.1 Å². The van der Waals surface area contributed by atoms with Crippen molar-refractivity contribution in [1.29, 1.82) is 0 Å². The lowest BCUT2D eigenvalue weighted by molar-refractivity contribution is -0.121. The molecule has 1 atom stereocenters. The summed E-state index contributed by atoms with van der Waals surface area (Å²) in [7, 11) is -4.17. The van der Waals surface area contributed by atoms with E-state index >= 15 is 0 Å². The van der Waals surface area contributed by atoms with Crippen LogP contribution < -0.4 is 5.32 Å². The summed E-state index contributed by atoms with van der Waals surface area (Å²) in [5.74, 6) is -0.526. The quantitative estimate of drug-likeness (QED) is 0.555. The highest BCUT2D eigenvalue weighted by atomic mass is 31.2. The van der Waals surface area contributed by atoms with Crippen LogP contribution in [-0.4, -0.2) is 34.8 Å². The van der Waals surface area contributed by atoms with Crippen molar-refractivity contribution in [1.82, 2.24) is 5.32 Å². The molecule has 76 valence electrons. The SMILES string of the molecule is O=C(CP(=O)(O)O)[C@H]1CCCNC1. The van der Waals surface area contributed by atoms with Crippen LogP contribution in [0.25, 0.3) is 0 Å². The van der Waals surface area contributed by atoms with Crippen molar-refractivity contribution in [3.8, 4) is 0 Å². The lowest BCUT2D eigenvalue weighted by Crippen LogP contribution is -2.35. The van der Waals surface area contributed by atoms with Gasteiger partial charge in [-0.2, -0.15) is 0 Å². The van der Waals surface area contributed by atoms with Gasteiger partial charge in [0.15, 0.2) is 0 Å². The number of hydrogen-bond donors (Lipinski definition) is 3. The van der Waals surface area contributed by atoms with Crippen LogP contribution in [-0.2, 0) is 9.36 Å². The molecule has 13 heavy (non-hydrogen) atoms. The monoisotopic (exact) mass is 207 g/mol. The summed E-state index contributed by atoms with van der Waals surface area (Å²) in [6, 6.07) is 0. The average molecular weight is 207 g/mol. The van der Waals surface area contributed by atoms with Crippen LogP contribution in [0.3, 0.4) is 0 Å². The Kier molecular flexibility index (Phi) is 3.62. The molecular weight excluding hydrogens is 193 g/mol. The highest BCUT2D eigenvalue weighted by molar-refractivity contribution is 7.52. The molecule has 1 saturated heterocycles. The molecule has 0 amide bonds. The lowest BCUT2D eigenvalue weighted by atomic mass is 9.96. The molecule has 1 heterocycles. The number of carbonyl (C=O) groups excluding carboxylic acids is 1. The maximum absolute atomic E-state index is 11.3. The van der Waals surface area contributed by atoms with Crippen molar-refractivity contribution < 1.29 is 19.1 Å². The van der Waals surface area contributed by atoms with Crippen LogP contribution >= 0.6 is 7.60 Å². The van der Waals surface area contributed by atoms with Crippen LogP contribution in [0, 0.1) is 5.92 Å².